The minimum atomic E-state index is -0.952. The highest BCUT2D eigenvalue weighted by Crippen LogP contribution is 2.23. The summed E-state index contributed by atoms with van der Waals surface area (Å²) in [7, 11) is 3.47. The number of allylic oxidation sites excluding steroid dienone is 4. The molecule has 216 valence electrons. The van der Waals surface area contributed by atoms with Gasteiger partial charge in [0, 0.05) is 32.5 Å². The van der Waals surface area contributed by atoms with Crippen molar-refractivity contribution in [2.45, 2.75) is 116 Å². The van der Waals surface area contributed by atoms with Crippen molar-refractivity contribution in [3.8, 4) is 0 Å². The van der Waals surface area contributed by atoms with E-state index in [1.807, 2.05) is 6.08 Å². The molecule has 1 aliphatic carbocycles. The van der Waals surface area contributed by atoms with Gasteiger partial charge in [0.15, 0.2) is 5.78 Å². The molecule has 1 amide bonds. The third kappa shape index (κ3) is 15.8. The summed E-state index contributed by atoms with van der Waals surface area (Å²) in [6, 6.07) is 0. The van der Waals surface area contributed by atoms with E-state index >= 15 is 0 Å². The van der Waals surface area contributed by atoms with Gasteiger partial charge in [-0.2, -0.15) is 0 Å². The third-order valence-electron chi connectivity index (χ3n) is 6.89. The van der Waals surface area contributed by atoms with Crippen LogP contribution in [0.2, 0.25) is 0 Å². The van der Waals surface area contributed by atoms with Crippen LogP contribution in [0.1, 0.15) is 110 Å². The zero-order valence-electron chi connectivity index (χ0n) is 24.0. The second kappa shape index (κ2) is 20.5. The van der Waals surface area contributed by atoms with Gasteiger partial charge >= 0.3 is 5.97 Å². The molecule has 2 atom stereocenters. The highest BCUT2D eigenvalue weighted by Gasteiger charge is 2.22. The van der Waals surface area contributed by atoms with E-state index in [1.54, 1.807) is 37.2 Å². The van der Waals surface area contributed by atoms with Crippen molar-refractivity contribution in [2.24, 2.45) is 5.92 Å². The molecular weight excluding hydrogens is 482 g/mol. The third-order valence-corrected chi connectivity index (χ3v) is 6.89. The van der Waals surface area contributed by atoms with Gasteiger partial charge in [-0.1, -0.05) is 64.0 Å². The van der Waals surface area contributed by atoms with Gasteiger partial charge in [-0.05, 0) is 57.1 Å². The summed E-state index contributed by atoms with van der Waals surface area (Å²) in [6.07, 6.45) is 20.6. The molecule has 0 fully saturated rings. The van der Waals surface area contributed by atoms with E-state index in [0.29, 0.717) is 24.4 Å². The summed E-state index contributed by atoms with van der Waals surface area (Å²) < 4.78 is 5.76. The van der Waals surface area contributed by atoms with Crippen molar-refractivity contribution in [3.63, 3.8) is 0 Å². The van der Waals surface area contributed by atoms with E-state index in [0.717, 1.165) is 51.4 Å². The fourth-order valence-electron chi connectivity index (χ4n) is 4.38. The average molecular weight is 534 g/mol. The number of carboxylic acids is 1. The Balaban J connectivity index is 2.35. The topological polar surface area (TPSA) is 104 Å². The van der Waals surface area contributed by atoms with Crippen LogP contribution < -0.4 is 0 Å². The van der Waals surface area contributed by atoms with Crippen LogP contribution in [0, 0.1) is 5.92 Å². The van der Waals surface area contributed by atoms with Gasteiger partial charge in [0.05, 0.1) is 18.6 Å². The van der Waals surface area contributed by atoms with Crippen LogP contribution in [-0.4, -0.2) is 59.6 Å². The fourth-order valence-corrected chi connectivity index (χ4v) is 4.38. The molecule has 38 heavy (non-hydrogen) atoms. The van der Waals surface area contributed by atoms with E-state index < -0.39 is 11.9 Å². The number of aliphatic hydroxyl groups is 1. The molecule has 0 aromatic rings. The summed E-state index contributed by atoms with van der Waals surface area (Å²) in [5.41, 5.74) is 0.472. The summed E-state index contributed by atoms with van der Waals surface area (Å²) >= 11 is 0. The van der Waals surface area contributed by atoms with Gasteiger partial charge in [-0.25, -0.2) is 0 Å². The molecule has 0 spiro atoms. The summed E-state index contributed by atoms with van der Waals surface area (Å²) in [4.78, 5) is 37.4. The van der Waals surface area contributed by atoms with Crippen molar-refractivity contribution in [1.29, 1.82) is 0 Å². The smallest absolute Gasteiger partial charge is 0.310 e. The molecule has 0 radical (unpaired) electrons. The number of carboxylic acid groups (broad SMARTS) is 1. The predicted octanol–water partition coefficient (Wildman–Crippen LogP) is 6.36. The van der Waals surface area contributed by atoms with E-state index in [2.05, 4.69) is 6.92 Å². The average Bonchev–Trinajstić information content (AvgIpc) is 2.88. The first-order valence-corrected chi connectivity index (χ1v) is 14.6. The number of ether oxygens (including phenoxy) is 1. The highest BCUT2D eigenvalue weighted by molar-refractivity contribution is 5.98. The Bertz CT molecular complexity index is 798. The summed E-state index contributed by atoms with van der Waals surface area (Å²) in [6.45, 7) is 2.66. The van der Waals surface area contributed by atoms with Crippen molar-refractivity contribution < 1.29 is 29.3 Å². The van der Waals surface area contributed by atoms with Crippen LogP contribution in [0.4, 0.5) is 0 Å². The monoisotopic (exact) mass is 533 g/mol. The number of hydrogen-bond donors (Lipinski definition) is 2. The number of carbonyl (C=O) groups excluding carboxylic acids is 2. The number of aliphatic hydroxyl groups excluding tert-OH is 1. The molecule has 2 N–H and O–H groups in total. The van der Waals surface area contributed by atoms with E-state index in [1.165, 1.54) is 32.1 Å². The maximum absolute atomic E-state index is 12.4. The largest absolute Gasteiger partial charge is 0.494 e. The molecule has 0 bridgehead atoms. The molecule has 7 nitrogen and oxygen atoms in total. The summed E-state index contributed by atoms with van der Waals surface area (Å²) in [5.74, 6) is -1.12. The molecule has 0 heterocycles. The maximum atomic E-state index is 12.4. The number of unbranched alkanes of at least 4 members (excludes halogenated alkanes) is 8. The second-order valence-electron chi connectivity index (χ2n) is 10.6. The first-order valence-electron chi connectivity index (χ1n) is 14.6. The Morgan fingerprint density at radius 3 is 2.39 bits per heavy atom. The molecule has 0 aliphatic heterocycles. The highest BCUT2D eigenvalue weighted by atomic mass is 16.5. The molecule has 0 aromatic heterocycles. The van der Waals surface area contributed by atoms with Crippen LogP contribution in [0.15, 0.2) is 35.6 Å². The lowest BCUT2D eigenvalue weighted by Crippen LogP contribution is -2.21. The fraction of sp³-hybridized carbons (Fsp3) is 0.710. The minimum Gasteiger partial charge on any atom is -0.494 e. The van der Waals surface area contributed by atoms with Gasteiger partial charge in [0.1, 0.15) is 5.76 Å². The number of rotatable bonds is 22. The molecule has 0 saturated heterocycles. The number of amides is 1. The van der Waals surface area contributed by atoms with Crippen LogP contribution in [0.5, 0.6) is 0 Å². The predicted molar refractivity (Wildman–Crippen MR) is 152 cm³/mol. The Morgan fingerprint density at radius 2 is 1.71 bits per heavy atom. The lowest BCUT2D eigenvalue weighted by molar-refractivity contribution is -0.140. The Morgan fingerprint density at radius 1 is 1.03 bits per heavy atom. The quantitative estimate of drug-likeness (QED) is 0.124. The maximum Gasteiger partial charge on any atom is 0.310 e. The minimum absolute atomic E-state index is 0.0760. The molecular formula is C31H51NO6. The Kier molecular flexibility index (Phi) is 18.2. The van der Waals surface area contributed by atoms with Gasteiger partial charge < -0.3 is 19.8 Å². The number of hydrogen-bond acceptors (Lipinski definition) is 5. The summed E-state index contributed by atoms with van der Waals surface area (Å²) in [5, 5.41) is 19.8. The number of ketones is 1. The van der Waals surface area contributed by atoms with E-state index in [-0.39, 0.29) is 30.6 Å². The Labute approximate surface area is 230 Å². The molecule has 0 aromatic carbocycles. The van der Waals surface area contributed by atoms with Gasteiger partial charge in [-0.15, -0.1) is 0 Å². The standard InChI is InChI=1S/C31H51NO6/c1-4-5-6-7-8-12-17-27(33)18-13-10-9-11-16-25(31(36)37)23-26-24-28(20-21-29(26)34)38-22-15-14-19-30(35)32(2)3/h11,16,20,24-25,27,33H,4-10,12-15,17-19,21-23H2,1-3H3,(H,36,37). The van der Waals surface area contributed by atoms with Crippen LogP contribution in [0.3, 0.4) is 0 Å². The van der Waals surface area contributed by atoms with Crippen LogP contribution in [-0.2, 0) is 19.1 Å². The first-order chi connectivity index (χ1) is 18.2. The number of Topliss-reactive ketones (excluding diaryl/α,β-unsaturated/α-hetero) is 1. The molecule has 1 rings (SSSR count). The molecule has 0 saturated carbocycles. The van der Waals surface area contributed by atoms with Crippen molar-refractivity contribution in [3.05, 3.63) is 35.6 Å². The van der Waals surface area contributed by atoms with Crippen LogP contribution in [0.25, 0.3) is 0 Å². The molecule has 7 heteroatoms. The lowest BCUT2D eigenvalue weighted by Gasteiger charge is -2.16. The second-order valence-corrected chi connectivity index (χ2v) is 10.6. The van der Waals surface area contributed by atoms with Crippen molar-refractivity contribution in [1.82, 2.24) is 4.90 Å². The zero-order chi connectivity index (χ0) is 28.2. The number of aliphatic carboxylic acids is 1. The zero-order valence-corrected chi connectivity index (χ0v) is 24.0. The number of nitrogens with zero attached hydrogens (tertiary/aromatic N) is 1. The molecule has 2 unspecified atom stereocenters. The van der Waals surface area contributed by atoms with E-state index in [4.69, 9.17) is 4.74 Å². The van der Waals surface area contributed by atoms with Crippen LogP contribution >= 0.6 is 0 Å². The van der Waals surface area contributed by atoms with Crippen molar-refractivity contribution >= 4 is 17.7 Å². The van der Waals surface area contributed by atoms with Gasteiger partial charge in [0.25, 0.3) is 0 Å². The molecule has 1 aliphatic rings. The van der Waals surface area contributed by atoms with E-state index in [9.17, 15) is 24.6 Å². The first kappa shape index (κ1) is 33.6. The van der Waals surface area contributed by atoms with Gasteiger partial charge in [0.2, 0.25) is 5.91 Å². The normalized spacial score (nSPS) is 15.2. The van der Waals surface area contributed by atoms with Crippen molar-refractivity contribution in [2.75, 3.05) is 20.7 Å². The Hall–Kier alpha value is -2.41. The SMILES string of the molecule is CCCCCCCCC(O)CCCCC=CC(CC1=CC(OCCCCC(=O)N(C)C)=CCC1=O)C(=O)O. The van der Waals surface area contributed by atoms with Gasteiger partial charge in [-0.3, -0.25) is 14.4 Å². The number of carbonyl (C=O) groups is 3. The lowest BCUT2D eigenvalue weighted by atomic mass is 9.91.